The molecule has 13 heteroatoms. The van der Waals surface area contributed by atoms with Crippen LogP contribution in [0.4, 0.5) is 0 Å². The summed E-state index contributed by atoms with van der Waals surface area (Å²) in [7, 11) is -8.34. The van der Waals surface area contributed by atoms with Crippen LogP contribution in [0.15, 0.2) is 149 Å². The molecule has 1 aromatic heterocycles. The molecule has 0 radical (unpaired) electrons. The molecule has 0 saturated carbocycles. The van der Waals surface area contributed by atoms with Gasteiger partial charge in [-0.1, -0.05) is 109 Å². The summed E-state index contributed by atoms with van der Waals surface area (Å²) in [6.07, 6.45) is 9.08. The summed E-state index contributed by atoms with van der Waals surface area (Å²) in [5, 5.41) is 4.61. The molecule has 2 bridgehead atoms. The van der Waals surface area contributed by atoms with Gasteiger partial charge in [0.05, 0.1) is 34.0 Å². The zero-order valence-corrected chi connectivity index (χ0v) is 33.0. The third-order valence-electron chi connectivity index (χ3n) is 11.9. The molecule has 11 rings (SSSR count). The van der Waals surface area contributed by atoms with Crippen LogP contribution >= 0.6 is 0 Å². The molecule has 292 valence electrons. The topological polar surface area (TPSA) is 157 Å². The van der Waals surface area contributed by atoms with Crippen LogP contribution in [0.5, 0.6) is 0 Å². The van der Waals surface area contributed by atoms with Gasteiger partial charge in [-0.25, -0.2) is 12.4 Å². The van der Waals surface area contributed by atoms with E-state index in [-0.39, 0.29) is 33.7 Å². The Bertz CT molecular complexity index is 3070. The third kappa shape index (κ3) is 5.63. The lowest BCUT2D eigenvalue weighted by Gasteiger charge is -2.37. The molecule has 4 unspecified atom stereocenters. The van der Waals surface area contributed by atoms with E-state index in [4.69, 9.17) is 0 Å². The van der Waals surface area contributed by atoms with Crippen molar-refractivity contribution < 1.29 is 36.0 Å². The van der Waals surface area contributed by atoms with Gasteiger partial charge in [0.2, 0.25) is 33.2 Å². The smallest absolute Gasteiger partial charge is 0.279 e. The molecule has 6 aliphatic rings. The van der Waals surface area contributed by atoms with Crippen molar-refractivity contribution in [3.05, 3.63) is 162 Å². The van der Waals surface area contributed by atoms with Gasteiger partial charge in [0.25, 0.3) is 10.0 Å². The second kappa shape index (κ2) is 13.2. The summed E-state index contributed by atoms with van der Waals surface area (Å²) in [6.45, 7) is 0. The van der Waals surface area contributed by atoms with Crippen molar-refractivity contribution in [2.24, 2.45) is 22.9 Å². The molecule has 11 nitrogen and oxygen atoms in total. The molecule has 0 fully saturated rings. The monoisotopic (exact) mass is 819 g/mol. The lowest BCUT2D eigenvalue weighted by atomic mass is 9.65. The first-order valence-corrected chi connectivity index (χ1v) is 22.3. The predicted molar refractivity (Wildman–Crippen MR) is 221 cm³/mol. The maximum absolute atomic E-state index is 14.8. The highest BCUT2D eigenvalue weighted by molar-refractivity contribution is 7.89. The maximum Gasteiger partial charge on any atom is 0.279 e. The molecule has 0 N–H and O–H groups in total. The Labute approximate surface area is 339 Å². The molecule has 4 atom stereocenters. The molecule has 2 heterocycles. The van der Waals surface area contributed by atoms with Crippen LogP contribution in [0, 0.1) is 17.8 Å². The van der Waals surface area contributed by atoms with Crippen molar-refractivity contribution in [3.63, 3.8) is 0 Å². The van der Waals surface area contributed by atoms with Gasteiger partial charge in [0.1, 0.15) is 6.04 Å². The van der Waals surface area contributed by atoms with Crippen molar-refractivity contribution in [2.45, 2.75) is 23.8 Å². The lowest BCUT2D eigenvalue weighted by molar-refractivity contribution is -0.135. The SMILES string of the molecule is CS(=O)(=O)n1cc(-c2ccc(-c3cccc(S(=O)(=O)N4N=C(c5ccccc5)C5C(=O)C(=O)C=C(c6ccccc6)C54)c3)cc2)c2c1C1=C(C(=O)C2=O)C2C=CC1CC2. The normalized spacial score (nSPS) is 22.3. The largest absolute Gasteiger partial charge is 0.290 e. The van der Waals surface area contributed by atoms with E-state index < -0.39 is 55.1 Å². The Hall–Kier alpha value is -6.57. The fourth-order valence-electron chi connectivity index (χ4n) is 9.22. The Morgan fingerprint density at radius 2 is 1.25 bits per heavy atom. The fourth-order valence-corrected chi connectivity index (χ4v) is 11.5. The first-order chi connectivity index (χ1) is 28.3. The predicted octanol–water partition coefficient (Wildman–Crippen LogP) is 6.37. The van der Waals surface area contributed by atoms with Crippen molar-refractivity contribution >= 4 is 60.0 Å². The highest BCUT2D eigenvalue weighted by Gasteiger charge is 2.53. The summed E-state index contributed by atoms with van der Waals surface area (Å²) in [5.74, 6) is -4.40. The Kier molecular flexibility index (Phi) is 8.24. The average Bonchev–Trinajstić information content (AvgIpc) is 3.87. The Balaban J connectivity index is 1.04. The van der Waals surface area contributed by atoms with Crippen LogP contribution < -0.4 is 0 Å². The molecule has 59 heavy (non-hydrogen) atoms. The zero-order chi connectivity index (χ0) is 41.0. The van der Waals surface area contributed by atoms with E-state index in [1.54, 1.807) is 97.1 Å². The van der Waals surface area contributed by atoms with Crippen LogP contribution in [-0.4, -0.2) is 66.4 Å². The van der Waals surface area contributed by atoms with Crippen LogP contribution in [0.1, 0.15) is 40.0 Å². The number of hydrogen-bond acceptors (Lipinski definition) is 9. The van der Waals surface area contributed by atoms with Gasteiger partial charge in [-0.05, 0) is 70.0 Å². The maximum atomic E-state index is 14.8. The zero-order valence-electron chi connectivity index (χ0n) is 31.3. The number of hydrazone groups is 1. The number of fused-ring (bicyclic) bond motifs is 3. The Morgan fingerprint density at radius 1 is 0.644 bits per heavy atom. The minimum Gasteiger partial charge on any atom is -0.290 e. The van der Waals surface area contributed by atoms with Crippen molar-refractivity contribution in [1.82, 2.24) is 8.39 Å². The van der Waals surface area contributed by atoms with E-state index in [1.807, 2.05) is 12.2 Å². The summed E-state index contributed by atoms with van der Waals surface area (Å²) < 4.78 is 58.0. The van der Waals surface area contributed by atoms with Gasteiger partial charge < -0.3 is 0 Å². The van der Waals surface area contributed by atoms with E-state index >= 15 is 0 Å². The second-order valence-electron chi connectivity index (χ2n) is 15.3. The summed E-state index contributed by atoms with van der Waals surface area (Å²) in [4.78, 5) is 54.1. The highest BCUT2D eigenvalue weighted by atomic mass is 32.2. The number of allylic oxidation sites excluding steroid dienone is 5. The first kappa shape index (κ1) is 36.7. The van der Waals surface area contributed by atoms with Crippen LogP contribution in [0.3, 0.4) is 0 Å². The first-order valence-electron chi connectivity index (χ1n) is 19.0. The number of ketones is 4. The number of carbonyl (C=O) groups excluding carboxylic acids is 4. The molecule has 5 aliphatic carbocycles. The van der Waals surface area contributed by atoms with E-state index in [9.17, 15) is 36.0 Å². The minimum absolute atomic E-state index is 0.0622. The van der Waals surface area contributed by atoms with Gasteiger partial charge in [0, 0.05) is 29.2 Å². The number of Topliss-reactive ketones (excluding diaryl/α,β-unsaturated/α-hetero) is 3. The minimum atomic E-state index is -4.46. The van der Waals surface area contributed by atoms with E-state index in [0.29, 0.717) is 50.1 Å². The van der Waals surface area contributed by atoms with E-state index in [1.165, 1.54) is 24.4 Å². The molecular formula is C46H33N3O8S2. The number of hydrogen-bond donors (Lipinski definition) is 0. The standard InChI is InChI=1S/C46H33N3O8S2/c1-58(54,55)48-25-35(39-43(48)37-29-19-21-30(22-20-29)38(37)45(52)46(39)53)28-17-15-26(16-18-28)32-13-8-14-33(23-32)59(56,57)49-42-34(27-9-4-2-5-10-27)24-36(50)44(51)40(42)41(47-49)31-11-6-3-7-12-31/h2-19,21,23-25,29-30,40,42H,20,22H2,1H3. The summed E-state index contributed by atoms with van der Waals surface area (Å²) >= 11 is 0. The molecule has 0 amide bonds. The van der Waals surface area contributed by atoms with Gasteiger partial charge in [-0.2, -0.15) is 17.9 Å². The number of carbonyl (C=O) groups is 4. The number of rotatable bonds is 7. The fraction of sp³-hybridized carbons (Fsp3) is 0.152. The summed E-state index contributed by atoms with van der Waals surface area (Å²) in [5.41, 5.74) is 4.89. The van der Waals surface area contributed by atoms with E-state index in [0.717, 1.165) is 27.5 Å². The quantitative estimate of drug-likeness (QED) is 0.135. The number of sulfonamides is 1. The second-order valence-corrected chi connectivity index (χ2v) is 19.0. The average molecular weight is 820 g/mol. The molecule has 5 aromatic rings. The van der Waals surface area contributed by atoms with Gasteiger partial charge >= 0.3 is 0 Å². The molecule has 0 saturated heterocycles. The molecule has 4 aromatic carbocycles. The van der Waals surface area contributed by atoms with Crippen molar-refractivity contribution in [3.8, 4) is 22.3 Å². The van der Waals surface area contributed by atoms with Crippen molar-refractivity contribution in [1.29, 1.82) is 0 Å². The van der Waals surface area contributed by atoms with Gasteiger partial charge in [-0.3, -0.25) is 19.2 Å². The lowest BCUT2D eigenvalue weighted by Crippen LogP contribution is -2.46. The highest BCUT2D eigenvalue weighted by Crippen LogP contribution is 2.51. The molecular weight excluding hydrogens is 787 g/mol. The Morgan fingerprint density at radius 3 is 1.90 bits per heavy atom. The van der Waals surface area contributed by atoms with Crippen LogP contribution in [0.25, 0.3) is 33.4 Å². The molecule has 0 spiro atoms. The number of aromatic nitrogens is 1. The van der Waals surface area contributed by atoms with Gasteiger partial charge in [0.15, 0.2) is 0 Å². The molecule has 1 aliphatic heterocycles. The number of nitrogens with zero attached hydrogens (tertiary/aromatic N) is 3. The summed E-state index contributed by atoms with van der Waals surface area (Å²) in [6, 6.07) is 29.6. The van der Waals surface area contributed by atoms with Crippen molar-refractivity contribution in [2.75, 3.05) is 6.26 Å². The van der Waals surface area contributed by atoms with Gasteiger partial charge in [-0.15, -0.1) is 0 Å². The van der Waals surface area contributed by atoms with Crippen LogP contribution in [-0.2, 0) is 34.4 Å². The third-order valence-corrected chi connectivity index (χ3v) is 14.6. The number of benzene rings is 4. The van der Waals surface area contributed by atoms with Crippen LogP contribution in [0.2, 0.25) is 0 Å². The van der Waals surface area contributed by atoms with E-state index in [2.05, 4.69) is 5.10 Å².